The molecular formula is C21H19NO6S. The third-order valence-electron chi connectivity index (χ3n) is 4.16. The van der Waals surface area contributed by atoms with E-state index in [1.165, 1.54) is 31.6 Å². The lowest BCUT2D eigenvalue weighted by Gasteiger charge is -2.08. The number of carbonyl (C=O) groups excluding carboxylic acids is 2. The Morgan fingerprint density at radius 1 is 1.00 bits per heavy atom. The molecule has 0 unspecified atom stereocenters. The van der Waals surface area contributed by atoms with Crippen LogP contribution in [-0.4, -0.2) is 37.3 Å². The average molecular weight is 413 g/mol. The van der Waals surface area contributed by atoms with E-state index >= 15 is 0 Å². The fourth-order valence-electron chi connectivity index (χ4n) is 2.73. The Morgan fingerprint density at radius 3 is 2.31 bits per heavy atom. The van der Waals surface area contributed by atoms with E-state index in [4.69, 9.17) is 4.74 Å². The Hall–Kier alpha value is -3.39. The molecule has 0 spiro atoms. The lowest BCUT2D eigenvalue weighted by Crippen LogP contribution is -2.17. The van der Waals surface area contributed by atoms with Crippen LogP contribution >= 0.6 is 11.3 Å². The second kappa shape index (κ2) is 9.20. The smallest absolute Gasteiger partial charge is 0.345 e. The molecule has 7 nitrogen and oxygen atoms in total. The average Bonchev–Trinajstić information content (AvgIpc) is 3.07. The van der Waals surface area contributed by atoms with Gasteiger partial charge in [-0.25, -0.2) is 9.59 Å². The summed E-state index contributed by atoms with van der Waals surface area (Å²) in [5.74, 6) is -0.941. The van der Waals surface area contributed by atoms with Crippen LogP contribution in [0.5, 0.6) is 5.75 Å². The Labute approximate surface area is 170 Å². The molecule has 0 fully saturated rings. The summed E-state index contributed by atoms with van der Waals surface area (Å²) >= 11 is 1.21. The summed E-state index contributed by atoms with van der Waals surface area (Å²) < 4.78 is 17.6. The molecule has 1 heterocycles. The second-order valence-corrected chi connectivity index (χ2v) is 6.94. The molecule has 3 aromatic rings. The van der Waals surface area contributed by atoms with Gasteiger partial charge in [0.2, 0.25) is 0 Å². The molecule has 0 aliphatic rings. The zero-order valence-corrected chi connectivity index (χ0v) is 16.7. The Bertz CT molecular complexity index is 1090. The first-order chi connectivity index (χ1) is 14.0. The van der Waals surface area contributed by atoms with Crippen LogP contribution in [0.2, 0.25) is 0 Å². The van der Waals surface area contributed by atoms with Crippen molar-refractivity contribution in [3.05, 3.63) is 69.3 Å². The van der Waals surface area contributed by atoms with Gasteiger partial charge in [0.1, 0.15) is 17.9 Å². The van der Waals surface area contributed by atoms with Crippen molar-refractivity contribution in [1.82, 2.24) is 4.57 Å². The number of thiazole rings is 1. The molecule has 0 atom stereocenters. The van der Waals surface area contributed by atoms with Gasteiger partial charge in [-0.2, -0.15) is 0 Å². The second-order valence-electron chi connectivity index (χ2n) is 5.95. The first-order valence-corrected chi connectivity index (χ1v) is 9.54. The monoisotopic (exact) mass is 413 g/mol. The van der Waals surface area contributed by atoms with Gasteiger partial charge in [-0.1, -0.05) is 35.6 Å². The molecule has 0 amide bonds. The van der Waals surface area contributed by atoms with E-state index in [9.17, 15) is 14.4 Å². The number of nitrogens with zero attached hydrogens (tertiary/aromatic N) is 1. The fraction of sp³-hybridized carbons (Fsp3) is 0.190. The summed E-state index contributed by atoms with van der Waals surface area (Å²) in [6, 6.07) is 14.5. The van der Waals surface area contributed by atoms with Crippen LogP contribution in [0.15, 0.2) is 58.9 Å². The van der Waals surface area contributed by atoms with E-state index in [-0.39, 0.29) is 10.4 Å². The molecule has 0 saturated heterocycles. The van der Waals surface area contributed by atoms with Crippen molar-refractivity contribution in [2.45, 2.75) is 6.54 Å². The summed E-state index contributed by atoms with van der Waals surface area (Å²) in [5, 5.41) is 0. The van der Waals surface area contributed by atoms with Crippen molar-refractivity contribution in [3.8, 4) is 5.75 Å². The van der Waals surface area contributed by atoms with Gasteiger partial charge in [0.15, 0.2) is 0 Å². The first kappa shape index (κ1) is 20.3. The number of hydrogen-bond acceptors (Lipinski definition) is 7. The number of ether oxygens (including phenoxy) is 3. The quantitative estimate of drug-likeness (QED) is 0.256. The third kappa shape index (κ3) is 4.72. The molecule has 0 aliphatic heterocycles. The molecule has 8 heteroatoms. The third-order valence-corrected chi connectivity index (χ3v) is 5.12. The van der Waals surface area contributed by atoms with Gasteiger partial charge >= 0.3 is 16.8 Å². The summed E-state index contributed by atoms with van der Waals surface area (Å²) in [6.07, 6.45) is 1.39. The standard InChI is InChI=1S/C21H19NO6S/c1-26-19(23)16(20(24)27-2)13-14-7-9-15(10-8-14)28-12-11-22-17-5-3-4-6-18(17)29-21(22)25/h3-10,13H,11-12H2,1-2H3. The highest BCUT2D eigenvalue weighted by Crippen LogP contribution is 2.18. The molecule has 0 N–H and O–H groups in total. The molecule has 150 valence electrons. The molecular weight excluding hydrogens is 394 g/mol. The minimum atomic E-state index is -0.773. The van der Waals surface area contributed by atoms with Crippen molar-refractivity contribution in [2.75, 3.05) is 20.8 Å². The molecule has 29 heavy (non-hydrogen) atoms. The first-order valence-electron chi connectivity index (χ1n) is 8.73. The SMILES string of the molecule is COC(=O)C(=Cc1ccc(OCCn2c(=O)sc3ccccc32)cc1)C(=O)OC. The van der Waals surface area contributed by atoms with Gasteiger partial charge in [0, 0.05) is 0 Å². The molecule has 0 radical (unpaired) electrons. The van der Waals surface area contributed by atoms with Crippen LogP contribution in [0, 0.1) is 0 Å². The summed E-state index contributed by atoms with van der Waals surface area (Å²) in [6.45, 7) is 0.755. The molecule has 1 aromatic heterocycles. The number of benzene rings is 2. The molecule has 0 aliphatic carbocycles. The predicted octanol–water partition coefficient (Wildman–Crippen LogP) is 2.87. The van der Waals surface area contributed by atoms with Crippen LogP contribution in [0.3, 0.4) is 0 Å². The van der Waals surface area contributed by atoms with Gasteiger partial charge in [-0.05, 0) is 35.9 Å². The molecule has 0 bridgehead atoms. The van der Waals surface area contributed by atoms with Gasteiger partial charge in [0.25, 0.3) is 0 Å². The maximum Gasteiger partial charge on any atom is 0.345 e. The van der Waals surface area contributed by atoms with Crippen molar-refractivity contribution in [3.63, 3.8) is 0 Å². The minimum absolute atomic E-state index is 0.0200. The number of hydrogen-bond donors (Lipinski definition) is 0. The van der Waals surface area contributed by atoms with E-state index in [2.05, 4.69) is 9.47 Å². The lowest BCUT2D eigenvalue weighted by atomic mass is 10.1. The highest BCUT2D eigenvalue weighted by atomic mass is 32.1. The number of aromatic nitrogens is 1. The normalized spacial score (nSPS) is 10.4. The Kier molecular flexibility index (Phi) is 6.46. The van der Waals surface area contributed by atoms with Crippen LogP contribution in [-0.2, 0) is 25.6 Å². The van der Waals surface area contributed by atoms with Gasteiger partial charge in [0.05, 0.1) is 31.0 Å². The van der Waals surface area contributed by atoms with Gasteiger partial charge in [-0.15, -0.1) is 0 Å². The van der Waals surface area contributed by atoms with E-state index in [1.54, 1.807) is 28.8 Å². The topological polar surface area (TPSA) is 83.8 Å². The summed E-state index contributed by atoms with van der Waals surface area (Å²) in [5.41, 5.74) is 1.31. The van der Waals surface area contributed by atoms with E-state index in [1.807, 2.05) is 24.3 Å². The highest BCUT2D eigenvalue weighted by Gasteiger charge is 2.19. The molecule has 0 saturated carbocycles. The number of methoxy groups -OCH3 is 2. The maximum absolute atomic E-state index is 12.1. The zero-order chi connectivity index (χ0) is 20.8. The number of para-hydroxylation sites is 1. The lowest BCUT2D eigenvalue weighted by molar-refractivity contribution is -0.143. The van der Waals surface area contributed by atoms with Crippen molar-refractivity contribution >= 4 is 39.6 Å². The van der Waals surface area contributed by atoms with Crippen LogP contribution < -0.4 is 9.61 Å². The number of esters is 2. The Balaban J connectivity index is 1.67. The zero-order valence-electron chi connectivity index (χ0n) is 15.9. The Morgan fingerprint density at radius 2 is 1.66 bits per heavy atom. The predicted molar refractivity (Wildman–Crippen MR) is 110 cm³/mol. The fourth-order valence-corrected chi connectivity index (χ4v) is 3.65. The van der Waals surface area contributed by atoms with Gasteiger partial charge in [-0.3, -0.25) is 9.36 Å². The van der Waals surface area contributed by atoms with E-state index < -0.39 is 11.9 Å². The summed E-state index contributed by atoms with van der Waals surface area (Å²) in [7, 11) is 2.39. The van der Waals surface area contributed by atoms with Crippen molar-refractivity contribution in [2.24, 2.45) is 0 Å². The van der Waals surface area contributed by atoms with E-state index in [0.717, 1.165) is 10.2 Å². The largest absolute Gasteiger partial charge is 0.492 e. The van der Waals surface area contributed by atoms with Gasteiger partial charge < -0.3 is 14.2 Å². The number of rotatable bonds is 7. The van der Waals surface area contributed by atoms with Crippen LogP contribution in [0.1, 0.15) is 5.56 Å². The minimum Gasteiger partial charge on any atom is -0.492 e. The maximum atomic E-state index is 12.1. The van der Waals surface area contributed by atoms with Crippen molar-refractivity contribution in [1.29, 1.82) is 0 Å². The highest BCUT2D eigenvalue weighted by molar-refractivity contribution is 7.16. The number of carbonyl (C=O) groups is 2. The molecule has 2 aromatic carbocycles. The number of fused-ring (bicyclic) bond motifs is 1. The summed E-state index contributed by atoms with van der Waals surface area (Å²) in [4.78, 5) is 35.5. The van der Waals surface area contributed by atoms with Crippen LogP contribution in [0.25, 0.3) is 16.3 Å². The van der Waals surface area contributed by atoms with E-state index in [0.29, 0.717) is 24.5 Å². The van der Waals surface area contributed by atoms with Crippen LogP contribution in [0.4, 0.5) is 0 Å². The van der Waals surface area contributed by atoms with Crippen molar-refractivity contribution < 1.29 is 23.8 Å². The molecule has 3 rings (SSSR count).